The molecule has 7 heteroatoms. The number of methoxy groups -OCH3 is 1. The molecule has 0 atom stereocenters. The molecule has 1 fully saturated rings. The topological polar surface area (TPSA) is 64.4 Å². The summed E-state index contributed by atoms with van der Waals surface area (Å²) in [7, 11) is 1.59. The summed E-state index contributed by atoms with van der Waals surface area (Å²) in [6.45, 7) is 1.68. The number of rotatable bonds is 6. The molecule has 0 aliphatic carbocycles. The number of hydrogen-bond donors (Lipinski definition) is 0. The molecule has 2 heterocycles. The Bertz CT molecular complexity index is 1390. The number of amides is 1. The lowest BCUT2D eigenvalue weighted by Gasteiger charge is -2.16. The van der Waals surface area contributed by atoms with Gasteiger partial charge in [-0.25, -0.2) is 4.98 Å². The van der Waals surface area contributed by atoms with Crippen LogP contribution >= 0.6 is 11.8 Å². The van der Waals surface area contributed by atoms with E-state index in [9.17, 15) is 9.59 Å². The van der Waals surface area contributed by atoms with Crippen LogP contribution in [0.4, 0.5) is 0 Å². The highest BCUT2D eigenvalue weighted by Crippen LogP contribution is 2.29. The van der Waals surface area contributed by atoms with E-state index in [1.165, 1.54) is 11.8 Å². The molecule has 0 unspecified atom stereocenters. The van der Waals surface area contributed by atoms with E-state index in [1.54, 1.807) is 17.7 Å². The Kier molecular flexibility index (Phi) is 6.36. The van der Waals surface area contributed by atoms with Crippen LogP contribution in [0, 0.1) is 0 Å². The van der Waals surface area contributed by atoms with E-state index >= 15 is 0 Å². The van der Waals surface area contributed by atoms with Gasteiger partial charge in [-0.2, -0.15) is 0 Å². The third-order valence-corrected chi connectivity index (χ3v) is 7.04. The SMILES string of the molecule is COc1ccccc1-n1c(SCc2ccc(C(=O)N3CCCC3)cc2)nc2ccccc2c1=O. The van der Waals surface area contributed by atoms with Crippen molar-refractivity contribution in [1.29, 1.82) is 0 Å². The molecule has 0 radical (unpaired) electrons. The Morgan fingerprint density at radius 2 is 1.68 bits per heavy atom. The van der Waals surface area contributed by atoms with Crippen molar-refractivity contribution >= 4 is 28.6 Å². The average molecular weight is 472 g/mol. The minimum atomic E-state index is -0.135. The van der Waals surface area contributed by atoms with Gasteiger partial charge in [0.1, 0.15) is 5.75 Å². The van der Waals surface area contributed by atoms with Crippen LogP contribution < -0.4 is 10.3 Å². The summed E-state index contributed by atoms with van der Waals surface area (Å²) < 4.78 is 7.15. The summed E-state index contributed by atoms with van der Waals surface area (Å²) in [4.78, 5) is 32.8. The molecule has 0 N–H and O–H groups in total. The maximum absolute atomic E-state index is 13.5. The molecule has 1 aliphatic heterocycles. The number of ether oxygens (including phenoxy) is 1. The number of carbonyl (C=O) groups excluding carboxylic acids is 1. The Labute approximate surface area is 202 Å². The summed E-state index contributed by atoms with van der Waals surface area (Å²) >= 11 is 1.48. The van der Waals surface area contributed by atoms with Crippen molar-refractivity contribution in [3.63, 3.8) is 0 Å². The van der Waals surface area contributed by atoms with Gasteiger partial charge >= 0.3 is 0 Å². The molecule has 6 nitrogen and oxygen atoms in total. The van der Waals surface area contributed by atoms with Crippen LogP contribution in [0.5, 0.6) is 5.75 Å². The number of nitrogens with zero attached hydrogens (tertiary/aromatic N) is 3. The molecule has 0 saturated carbocycles. The number of hydrogen-bond acceptors (Lipinski definition) is 5. The monoisotopic (exact) mass is 471 g/mol. The second-order valence-electron chi connectivity index (χ2n) is 8.21. The molecule has 1 aliphatic rings. The second kappa shape index (κ2) is 9.73. The molecule has 1 saturated heterocycles. The maximum atomic E-state index is 13.5. The van der Waals surface area contributed by atoms with Gasteiger partial charge in [0.25, 0.3) is 11.5 Å². The Hall–Kier alpha value is -3.58. The van der Waals surface area contributed by atoms with Crippen LogP contribution in [-0.4, -0.2) is 40.6 Å². The van der Waals surface area contributed by atoms with Crippen LogP contribution in [0.15, 0.2) is 82.7 Å². The zero-order valence-corrected chi connectivity index (χ0v) is 19.8. The smallest absolute Gasteiger partial charge is 0.266 e. The summed E-state index contributed by atoms with van der Waals surface area (Å²) in [5, 5.41) is 1.15. The number of likely N-dealkylation sites (tertiary alicyclic amines) is 1. The number of para-hydroxylation sites is 3. The van der Waals surface area contributed by atoms with Crippen molar-refractivity contribution in [3.05, 3.63) is 94.3 Å². The van der Waals surface area contributed by atoms with E-state index in [1.807, 2.05) is 71.6 Å². The third-order valence-electron chi connectivity index (χ3n) is 6.03. The zero-order chi connectivity index (χ0) is 23.5. The Morgan fingerprint density at radius 1 is 0.971 bits per heavy atom. The van der Waals surface area contributed by atoms with Gasteiger partial charge in [-0.3, -0.25) is 14.2 Å². The molecule has 0 bridgehead atoms. The van der Waals surface area contributed by atoms with E-state index in [0.717, 1.165) is 31.5 Å². The standard InChI is InChI=1S/C27H25N3O3S/c1-33-24-11-5-4-10-23(24)30-26(32)21-8-2-3-9-22(21)28-27(30)34-18-19-12-14-20(15-13-19)25(31)29-16-6-7-17-29/h2-5,8-15H,6-7,16-18H2,1H3. The van der Waals surface area contributed by atoms with Gasteiger partial charge in [0.05, 0.1) is 23.7 Å². The largest absolute Gasteiger partial charge is 0.495 e. The van der Waals surface area contributed by atoms with Crippen LogP contribution in [0.3, 0.4) is 0 Å². The molecule has 1 aromatic heterocycles. The van der Waals surface area contributed by atoms with Gasteiger partial charge in [-0.05, 0) is 54.8 Å². The van der Waals surface area contributed by atoms with Crippen molar-refractivity contribution < 1.29 is 9.53 Å². The molecule has 0 spiro atoms. The van der Waals surface area contributed by atoms with Crippen molar-refractivity contribution in [2.24, 2.45) is 0 Å². The molecular formula is C27H25N3O3S. The number of aromatic nitrogens is 2. The first kappa shape index (κ1) is 22.2. The van der Waals surface area contributed by atoms with E-state index in [4.69, 9.17) is 9.72 Å². The number of fused-ring (bicyclic) bond motifs is 1. The van der Waals surface area contributed by atoms with E-state index in [-0.39, 0.29) is 11.5 Å². The van der Waals surface area contributed by atoms with E-state index in [0.29, 0.717) is 38.8 Å². The van der Waals surface area contributed by atoms with Crippen LogP contribution in [0.25, 0.3) is 16.6 Å². The third kappa shape index (κ3) is 4.31. The van der Waals surface area contributed by atoms with Crippen molar-refractivity contribution in [2.75, 3.05) is 20.2 Å². The first-order valence-corrected chi connectivity index (χ1v) is 12.3. The van der Waals surface area contributed by atoms with Gasteiger partial charge in [-0.1, -0.05) is 48.2 Å². The normalized spacial score (nSPS) is 13.4. The highest BCUT2D eigenvalue weighted by Gasteiger charge is 2.20. The van der Waals surface area contributed by atoms with Gasteiger partial charge < -0.3 is 9.64 Å². The van der Waals surface area contributed by atoms with Gasteiger partial charge in [0.2, 0.25) is 0 Å². The molecule has 34 heavy (non-hydrogen) atoms. The molecule has 172 valence electrons. The molecular weight excluding hydrogens is 446 g/mol. The second-order valence-corrected chi connectivity index (χ2v) is 9.15. The van der Waals surface area contributed by atoms with Crippen LogP contribution in [0.1, 0.15) is 28.8 Å². The molecule has 3 aromatic carbocycles. The summed E-state index contributed by atoms with van der Waals surface area (Å²) in [6.07, 6.45) is 2.15. The Morgan fingerprint density at radius 3 is 2.44 bits per heavy atom. The van der Waals surface area contributed by atoms with Crippen LogP contribution in [-0.2, 0) is 5.75 Å². The van der Waals surface area contributed by atoms with Crippen LogP contribution in [0.2, 0.25) is 0 Å². The lowest BCUT2D eigenvalue weighted by atomic mass is 10.1. The van der Waals surface area contributed by atoms with Crippen molar-refractivity contribution in [3.8, 4) is 11.4 Å². The minimum absolute atomic E-state index is 0.0953. The average Bonchev–Trinajstić information content (AvgIpc) is 3.43. The van der Waals surface area contributed by atoms with Crippen molar-refractivity contribution in [1.82, 2.24) is 14.5 Å². The van der Waals surface area contributed by atoms with Gasteiger partial charge in [0, 0.05) is 24.4 Å². The highest BCUT2D eigenvalue weighted by molar-refractivity contribution is 7.98. The van der Waals surface area contributed by atoms with E-state index < -0.39 is 0 Å². The number of carbonyl (C=O) groups is 1. The van der Waals surface area contributed by atoms with E-state index in [2.05, 4.69) is 0 Å². The van der Waals surface area contributed by atoms with Crippen molar-refractivity contribution in [2.45, 2.75) is 23.8 Å². The summed E-state index contributed by atoms with van der Waals surface area (Å²) in [6, 6.07) is 22.5. The van der Waals surface area contributed by atoms with Gasteiger partial charge in [0.15, 0.2) is 5.16 Å². The highest BCUT2D eigenvalue weighted by atomic mass is 32.2. The Balaban J connectivity index is 1.46. The summed E-state index contributed by atoms with van der Waals surface area (Å²) in [5.41, 5.74) is 2.95. The molecule has 4 aromatic rings. The number of thioether (sulfide) groups is 1. The fraction of sp³-hybridized carbons (Fsp3) is 0.222. The fourth-order valence-electron chi connectivity index (χ4n) is 4.23. The minimum Gasteiger partial charge on any atom is -0.495 e. The fourth-order valence-corrected chi connectivity index (χ4v) is 5.19. The predicted molar refractivity (Wildman–Crippen MR) is 135 cm³/mol. The first-order chi connectivity index (χ1) is 16.7. The lowest BCUT2D eigenvalue weighted by Crippen LogP contribution is -2.27. The summed E-state index contributed by atoms with van der Waals surface area (Å²) in [5.74, 6) is 1.31. The zero-order valence-electron chi connectivity index (χ0n) is 18.9. The first-order valence-electron chi connectivity index (χ1n) is 11.3. The quantitative estimate of drug-likeness (QED) is 0.295. The van der Waals surface area contributed by atoms with Gasteiger partial charge in [-0.15, -0.1) is 0 Å². The lowest BCUT2D eigenvalue weighted by molar-refractivity contribution is 0.0793. The molecule has 5 rings (SSSR count). The molecule has 1 amide bonds. The number of benzene rings is 3. The predicted octanol–water partition coefficient (Wildman–Crippen LogP) is 4.92. The maximum Gasteiger partial charge on any atom is 0.266 e.